The molecule has 1 saturated heterocycles. The fourth-order valence-corrected chi connectivity index (χ4v) is 3.80. The lowest BCUT2D eigenvalue weighted by Crippen LogP contribution is -2.43. The van der Waals surface area contributed by atoms with E-state index in [1.54, 1.807) is 74.5 Å². The number of carbonyl (C=O) groups is 2. The lowest BCUT2D eigenvalue weighted by atomic mass is 9.97. The molecule has 1 fully saturated rings. The first-order valence-corrected chi connectivity index (χ1v) is 10.7. The highest BCUT2D eigenvalue weighted by Gasteiger charge is 2.50. The Morgan fingerprint density at radius 3 is 2.24 bits per heavy atom. The van der Waals surface area contributed by atoms with Crippen LogP contribution in [0.4, 0.5) is 0 Å². The van der Waals surface area contributed by atoms with Crippen molar-refractivity contribution in [1.29, 1.82) is 0 Å². The summed E-state index contributed by atoms with van der Waals surface area (Å²) in [7, 11) is 0. The second-order valence-corrected chi connectivity index (χ2v) is 8.29. The quantitative estimate of drug-likeness (QED) is 0.558. The number of hydrogen-bond donors (Lipinski definition) is 1. The van der Waals surface area contributed by atoms with Gasteiger partial charge in [-0.1, -0.05) is 36.4 Å². The zero-order valence-electron chi connectivity index (χ0n) is 18.7. The summed E-state index contributed by atoms with van der Waals surface area (Å²) in [5.74, 6) is -1.13. The van der Waals surface area contributed by atoms with E-state index in [-0.39, 0.29) is 13.0 Å². The fourth-order valence-electron chi connectivity index (χ4n) is 3.80. The second kappa shape index (κ2) is 9.48. The highest BCUT2D eigenvalue weighted by Crippen LogP contribution is 2.39. The van der Waals surface area contributed by atoms with Gasteiger partial charge in [0.1, 0.15) is 24.5 Å². The molecular weight excluding hydrogens is 440 g/mol. The van der Waals surface area contributed by atoms with Crippen LogP contribution in [0.2, 0.25) is 0 Å². The van der Waals surface area contributed by atoms with Gasteiger partial charge in [-0.3, -0.25) is 14.3 Å². The molecule has 0 spiro atoms. The normalized spacial score (nSPS) is 21.7. The molecular formula is C25H24N2O7. The van der Waals surface area contributed by atoms with Crippen molar-refractivity contribution in [3.8, 4) is 0 Å². The Labute approximate surface area is 194 Å². The number of nitrogens with zero attached hydrogens (tertiary/aromatic N) is 1. The molecule has 1 aliphatic rings. The van der Waals surface area contributed by atoms with E-state index in [4.69, 9.17) is 14.2 Å². The molecule has 9 heteroatoms. The summed E-state index contributed by atoms with van der Waals surface area (Å²) in [5, 5.41) is 0. The monoisotopic (exact) mass is 464 g/mol. The van der Waals surface area contributed by atoms with Gasteiger partial charge in [0.15, 0.2) is 0 Å². The van der Waals surface area contributed by atoms with Crippen LogP contribution < -0.4 is 11.2 Å². The van der Waals surface area contributed by atoms with Crippen molar-refractivity contribution in [1.82, 2.24) is 9.55 Å². The first-order valence-electron chi connectivity index (χ1n) is 10.7. The van der Waals surface area contributed by atoms with E-state index in [2.05, 4.69) is 4.98 Å². The minimum absolute atomic E-state index is 0.102. The smallest absolute Gasteiger partial charge is 0.338 e. The van der Waals surface area contributed by atoms with E-state index >= 15 is 0 Å². The molecule has 3 atom stereocenters. The highest BCUT2D eigenvalue weighted by atomic mass is 16.6. The summed E-state index contributed by atoms with van der Waals surface area (Å²) in [6, 6.07) is 16.9. The van der Waals surface area contributed by atoms with Gasteiger partial charge in [0.05, 0.1) is 11.1 Å². The molecule has 1 aliphatic heterocycles. The van der Waals surface area contributed by atoms with Crippen molar-refractivity contribution in [2.24, 2.45) is 0 Å². The SMILES string of the molecule is Cc1cn([C@@H]2C[C@@](C)(OC(=O)c3ccccc3)[C@@H](COC(=O)c3ccccc3)O2)c(=O)[nH]c1=O. The van der Waals surface area contributed by atoms with Gasteiger partial charge in [-0.15, -0.1) is 0 Å². The largest absolute Gasteiger partial charge is 0.459 e. The van der Waals surface area contributed by atoms with E-state index in [0.29, 0.717) is 16.7 Å². The third-order valence-corrected chi connectivity index (χ3v) is 5.75. The van der Waals surface area contributed by atoms with Gasteiger partial charge in [-0.2, -0.15) is 0 Å². The van der Waals surface area contributed by atoms with Crippen molar-refractivity contribution >= 4 is 11.9 Å². The fraction of sp³-hybridized carbons (Fsp3) is 0.280. The number of rotatable bonds is 6. The van der Waals surface area contributed by atoms with E-state index < -0.39 is 41.1 Å². The number of H-pyrrole nitrogens is 1. The van der Waals surface area contributed by atoms with E-state index in [9.17, 15) is 19.2 Å². The number of hydrogen-bond acceptors (Lipinski definition) is 7. The Kier molecular flexibility index (Phi) is 6.47. The lowest BCUT2D eigenvalue weighted by molar-refractivity contribution is -0.0877. The van der Waals surface area contributed by atoms with Gasteiger partial charge < -0.3 is 14.2 Å². The van der Waals surface area contributed by atoms with Crippen LogP contribution >= 0.6 is 0 Å². The van der Waals surface area contributed by atoms with Crippen LogP contribution in [0.15, 0.2) is 76.4 Å². The van der Waals surface area contributed by atoms with Crippen molar-refractivity contribution in [2.45, 2.75) is 38.2 Å². The Hall–Kier alpha value is -3.98. The number of esters is 2. The molecule has 176 valence electrons. The minimum atomic E-state index is -1.22. The first kappa shape index (κ1) is 23.2. The summed E-state index contributed by atoms with van der Waals surface area (Å²) in [6.07, 6.45) is -0.220. The Bertz CT molecular complexity index is 1300. The zero-order chi connectivity index (χ0) is 24.3. The maximum absolute atomic E-state index is 12.8. The van der Waals surface area contributed by atoms with Crippen molar-refractivity contribution in [3.63, 3.8) is 0 Å². The van der Waals surface area contributed by atoms with E-state index in [1.165, 1.54) is 10.8 Å². The predicted molar refractivity (Wildman–Crippen MR) is 122 cm³/mol. The molecule has 0 aliphatic carbocycles. The van der Waals surface area contributed by atoms with E-state index in [1.807, 2.05) is 0 Å². The number of carbonyl (C=O) groups excluding carboxylic acids is 2. The molecule has 1 aromatic heterocycles. The second-order valence-electron chi connectivity index (χ2n) is 8.29. The molecule has 0 amide bonds. The molecule has 3 aromatic rings. The molecule has 34 heavy (non-hydrogen) atoms. The summed E-state index contributed by atoms with van der Waals surface area (Å²) in [5.41, 5.74) is -1.33. The van der Waals surface area contributed by atoms with Crippen LogP contribution in [0, 0.1) is 6.92 Å². The van der Waals surface area contributed by atoms with Crippen LogP contribution in [0.3, 0.4) is 0 Å². The molecule has 0 bridgehead atoms. The number of benzene rings is 2. The van der Waals surface area contributed by atoms with Crippen molar-refractivity contribution in [2.75, 3.05) is 6.61 Å². The standard InChI is InChI=1S/C25H24N2O7/c1-16-14-27(24(31)26-21(16)28)20-13-25(2,34-23(30)18-11-7-4-8-12-18)19(33-20)15-32-22(29)17-9-5-3-6-10-17/h3-12,14,19-20H,13,15H2,1-2H3,(H,26,28,31)/t19-,20+,25-/m1/s1. The Morgan fingerprint density at radius 2 is 1.62 bits per heavy atom. The summed E-state index contributed by atoms with van der Waals surface area (Å²) < 4.78 is 18.6. The number of aromatic amines is 1. The third kappa shape index (κ3) is 4.84. The number of aryl methyl sites for hydroxylation is 1. The molecule has 4 rings (SSSR count). The lowest BCUT2D eigenvalue weighted by Gasteiger charge is -2.29. The summed E-state index contributed by atoms with van der Waals surface area (Å²) >= 11 is 0. The maximum Gasteiger partial charge on any atom is 0.338 e. The molecule has 1 N–H and O–H groups in total. The van der Waals surface area contributed by atoms with Crippen molar-refractivity contribution < 1.29 is 23.8 Å². The molecule has 0 unspecified atom stereocenters. The molecule has 0 radical (unpaired) electrons. The average molecular weight is 464 g/mol. The van der Waals surface area contributed by atoms with Crippen LogP contribution in [-0.2, 0) is 14.2 Å². The molecule has 9 nitrogen and oxygen atoms in total. The van der Waals surface area contributed by atoms with Gasteiger partial charge in [-0.25, -0.2) is 14.4 Å². The van der Waals surface area contributed by atoms with Crippen LogP contribution in [0.25, 0.3) is 0 Å². The van der Waals surface area contributed by atoms with Gasteiger partial charge in [-0.05, 0) is 38.1 Å². The Morgan fingerprint density at radius 1 is 1.03 bits per heavy atom. The molecule has 2 aromatic carbocycles. The zero-order valence-corrected chi connectivity index (χ0v) is 18.7. The Balaban J connectivity index is 1.59. The number of ether oxygens (including phenoxy) is 3. The van der Waals surface area contributed by atoms with Gasteiger partial charge in [0, 0.05) is 18.2 Å². The summed E-state index contributed by atoms with van der Waals surface area (Å²) in [6.45, 7) is 3.02. The van der Waals surface area contributed by atoms with Crippen molar-refractivity contribution in [3.05, 3.63) is 104 Å². The minimum Gasteiger partial charge on any atom is -0.459 e. The summed E-state index contributed by atoms with van der Waals surface area (Å²) in [4.78, 5) is 51.7. The maximum atomic E-state index is 12.8. The topological polar surface area (TPSA) is 117 Å². The number of nitrogens with one attached hydrogen (secondary N) is 1. The average Bonchev–Trinajstić information content (AvgIpc) is 3.16. The highest BCUT2D eigenvalue weighted by molar-refractivity contribution is 5.90. The van der Waals surface area contributed by atoms with Crippen LogP contribution in [0.5, 0.6) is 0 Å². The van der Waals surface area contributed by atoms with Gasteiger partial charge >= 0.3 is 17.6 Å². The molecule has 2 heterocycles. The third-order valence-electron chi connectivity index (χ3n) is 5.75. The molecule has 0 saturated carbocycles. The van der Waals surface area contributed by atoms with E-state index in [0.717, 1.165) is 0 Å². The van der Waals surface area contributed by atoms with Gasteiger partial charge in [0.25, 0.3) is 5.56 Å². The first-order chi connectivity index (χ1) is 16.3. The number of aromatic nitrogens is 2. The predicted octanol–water partition coefficient (Wildman–Crippen LogP) is 2.61. The van der Waals surface area contributed by atoms with Gasteiger partial charge in [0.2, 0.25) is 0 Å². The van der Waals surface area contributed by atoms with Crippen LogP contribution in [-0.4, -0.2) is 39.8 Å². The van der Waals surface area contributed by atoms with Crippen LogP contribution in [0.1, 0.15) is 45.9 Å².